The molecule has 0 bridgehead atoms. The number of hydrogen-bond acceptors (Lipinski definition) is 7. The Labute approximate surface area is 221 Å². The monoisotopic (exact) mass is 531 g/mol. The number of thioether (sulfide) groups is 1. The molecule has 10 heteroatoms. The van der Waals surface area contributed by atoms with Crippen molar-refractivity contribution < 1.29 is 13.9 Å². The normalized spacial score (nSPS) is 11.7. The van der Waals surface area contributed by atoms with Gasteiger partial charge in [-0.25, -0.2) is 9.37 Å². The largest absolute Gasteiger partial charge is 0.480 e. The summed E-state index contributed by atoms with van der Waals surface area (Å²) in [5.74, 6) is 0.0606. The van der Waals surface area contributed by atoms with Gasteiger partial charge in [0, 0.05) is 16.6 Å². The molecule has 0 saturated heterocycles. The number of benzene rings is 3. The van der Waals surface area contributed by atoms with Gasteiger partial charge < -0.3 is 10.1 Å². The van der Waals surface area contributed by atoms with Gasteiger partial charge >= 0.3 is 0 Å². The highest BCUT2D eigenvalue weighted by atomic mass is 32.2. The van der Waals surface area contributed by atoms with Crippen LogP contribution in [0.25, 0.3) is 16.9 Å². The highest BCUT2D eigenvalue weighted by molar-refractivity contribution is 7.99. The average molecular weight is 532 g/mol. The number of carbonyl (C=O) groups is 1. The number of rotatable bonds is 9. The van der Waals surface area contributed by atoms with Crippen LogP contribution in [-0.4, -0.2) is 31.4 Å². The number of para-hydroxylation sites is 2. The Hall–Kier alpha value is -4.02. The number of hydrogen-bond donors (Lipinski definition) is 1. The molecule has 1 unspecified atom stereocenters. The van der Waals surface area contributed by atoms with Crippen molar-refractivity contribution in [1.82, 2.24) is 19.7 Å². The van der Waals surface area contributed by atoms with E-state index in [0.29, 0.717) is 16.1 Å². The maximum atomic E-state index is 14.2. The molecular formula is C27H22FN5O2S2. The Morgan fingerprint density at radius 2 is 1.73 bits per heavy atom. The van der Waals surface area contributed by atoms with Crippen LogP contribution in [0.1, 0.15) is 18.9 Å². The smallest absolute Gasteiger partial charge is 0.236 e. The summed E-state index contributed by atoms with van der Waals surface area (Å²) in [6.07, 6.45) is -0.598. The van der Waals surface area contributed by atoms with Gasteiger partial charge in [-0.15, -0.1) is 21.5 Å². The number of ether oxygens (including phenoxy) is 1. The van der Waals surface area contributed by atoms with Crippen molar-refractivity contribution in [3.8, 4) is 22.7 Å². The zero-order valence-electron chi connectivity index (χ0n) is 19.7. The van der Waals surface area contributed by atoms with Gasteiger partial charge in [0.2, 0.25) is 5.91 Å². The van der Waals surface area contributed by atoms with Crippen molar-refractivity contribution in [2.24, 2.45) is 0 Å². The Morgan fingerprint density at radius 1 is 1.03 bits per heavy atom. The minimum absolute atomic E-state index is 0.105. The lowest BCUT2D eigenvalue weighted by Gasteiger charge is -2.17. The third kappa shape index (κ3) is 5.87. The second kappa shape index (κ2) is 11.4. The molecule has 37 heavy (non-hydrogen) atoms. The highest BCUT2D eigenvalue weighted by Gasteiger charge is 2.22. The molecule has 0 spiro atoms. The molecule has 5 aromatic rings. The summed E-state index contributed by atoms with van der Waals surface area (Å²) in [6.45, 7) is 1.78. The number of thiazole rings is 1. The molecule has 5 rings (SSSR count). The summed E-state index contributed by atoms with van der Waals surface area (Å²) in [5.41, 5.74) is 2.61. The lowest BCUT2D eigenvalue weighted by molar-refractivity contribution is -0.113. The molecule has 1 atom stereocenters. The fraction of sp³-hybridized carbons (Fsp3) is 0.111. The quantitative estimate of drug-likeness (QED) is 0.222. The van der Waals surface area contributed by atoms with Crippen molar-refractivity contribution in [3.63, 3.8) is 0 Å². The summed E-state index contributed by atoms with van der Waals surface area (Å²) in [5, 5.41) is 14.4. The second-order valence-electron chi connectivity index (χ2n) is 7.94. The molecule has 186 valence electrons. The van der Waals surface area contributed by atoms with E-state index in [0.717, 1.165) is 16.9 Å². The molecule has 0 aliphatic carbocycles. The minimum atomic E-state index is -0.598. The summed E-state index contributed by atoms with van der Waals surface area (Å²) in [6, 6.07) is 25.5. The molecule has 1 N–H and O–H groups in total. The minimum Gasteiger partial charge on any atom is -0.480 e. The molecular weight excluding hydrogens is 509 g/mol. The van der Waals surface area contributed by atoms with Crippen molar-refractivity contribution in [2.75, 3.05) is 11.1 Å². The third-order valence-electron chi connectivity index (χ3n) is 5.33. The number of nitrogens with one attached hydrogen (secondary N) is 1. The van der Waals surface area contributed by atoms with E-state index in [9.17, 15) is 9.18 Å². The van der Waals surface area contributed by atoms with Gasteiger partial charge in [-0.1, -0.05) is 72.4 Å². The first-order chi connectivity index (χ1) is 18.1. The predicted molar refractivity (Wildman–Crippen MR) is 144 cm³/mol. The van der Waals surface area contributed by atoms with Gasteiger partial charge in [0.1, 0.15) is 0 Å². The van der Waals surface area contributed by atoms with Crippen molar-refractivity contribution >= 4 is 34.1 Å². The number of aromatic nitrogens is 4. The van der Waals surface area contributed by atoms with Gasteiger partial charge in [-0.2, -0.15) is 0 Å². The molecule has 0 radical (unpaired) electrons. The number of anilines is 1. The highest BCUT2D eigenvalue weighted by Crippen LogP contribution is 2.29. The molecule has 2 aromatic heterocycles. The van der Waals surface area contributed by atoms with Gasteiger partial charge in [0.05, 0.1) is 11.4 Å². The van der Waals surface area contributed by atoms with E-state index in [1.807, 2.05) is 70.6 Å². The molecule has 3 aromatic carbocycles. The zero-order chi connectivity index (χ0) is 25.6. The van der Waals surface area contributed by atoms with E-state index < -0.39 is 11.9 Å². The van der Waals surface area contributed by atoms with Crippen LogP contribution in [0.5, 0.6) is 5.75 Å². The number of nitrogens with zero attached hydrogens (tertiary/aromatic N) is 4. The Morgan fingerprint density at radius 3 is 2.49 bits per heavy atom. The van der Waals surface area contributed by atoms with E-state index in [2.05, 4.69) is 20.5 Å². The number of amides is 1. The molecule has 1 amide bonds. The fourth-order valence-electron chi connectivity index (χ4n) is 3.60. The van der Waals surface area contributed by atoms with E-state index in [1.165, 1.54) is 29.2 Å². The topological polar surface area (TPSA) is 81.9 Å². The first-order valence-electron chi connectivity index (χ1n) is 11.4. The first kappa shape index (κ1) is 24.7. The van der Waals surface area contributed by atoms with Gasteiger partial charge in [0.15, 0.2) is 33.8 Å². The third-order valence-corrected chi connectivity index (χ3v) is 7.02. The van der Waals surface area contributed by atoms with Crippen molar-refractivity contribution in [2.45, 2.75) is 18.2 Å². The van der Waals surface area contributed by atoms with Crippen molar-refractivity contribution in [1.29, 1.82) is 0 Å². The molecule has 2 heterocycles. The first-order valence-corrected chi connectivity index (χ1v) is 13.3. The average Bonchev–Trinajstić information content (AvgIpc) is 3.57. The second-order valence-corrected chi connectivity index (χ2v) is 9.74. The van der Waals surface area contributed by atoms with Crippen LogP contribution in [0.3, 0.4) is 0 Å². The van der Waals surface area contributed by atoms with Crippen molar-refractivity contribution in [3.05, 3.63) is 102 Å². The maximum Gasteiger partial charge on any atom is 0.236 e. The van der Waals surface area contributed by atoms with Gasteiger partial charge in [-0.3, -0.25) is 9.36 Å². The van der Waals surface area contributed by atoms with E-state index in [4.69, 9.17) is 4.74 Å². The maximum absolute atomic E-state index is 14.2. The summed E-state index contributed by atoms with van der Waals surface area (Å²) in [4.78, 5) is 17.2. The van der Waals surface area contributed by atoms with E-state index >= 15 is 0 Å². The lowest BCUT2D eigenvalue weighted by Crippen LogP contribution is -2.15. The van der Waals surface area contributed by atoms with Crippen LogP contribution in [0.15, 0.2) is 95.5 Å². The Bertz CT molecular complexity index is 1490. The van der Waals surface area contributed by atoms with E-state index in [1.54, 1.807) is 25.1 Å². The van der Waals surface area contributed by atoms with Crippen LogP contribution in [-0.2, 0) is 4.79 Å². The number of carbonyl (C=O) groups excluding carboxylic acids is 1. The Kier molecular flexibility index (Phi) is 7.57. The van der Waals surface area contributed by atoms with Crippen LogP contribution >= 0.6 is 23.1 Å². The van der Waals surface area contributed by atoms with Gasteiger partial charge in [-0.05, 0) is 31.2 Å². The standard InChI is InChI=1S/C27H22FN5O2S2/c1-18(35-23-15-9-8-14-21(23)28)25-31-32-27(33(25)20-12-6-3-7-13-20)37-17-24(34)30-26-29-22(16-36-26)19-10-4-2-5-11-19/h2-16,18H,17H2,1H3,(H,29,30,34). The zero-order valence-corrected chi connectivity index (χ0v) is 21.4. The van der Waals surface area contributed by atoms with E-state index in [-0.39, 0.29) is 17.4 Å². The SMILES string of the molecule is CC(Oc1ccccc1F)c1nnc(SCC(=O)Nc2nc(-c3ccccc3)cs2)n1-c1ccccc1. The fourth-order valence-corrected chi connectivity index (χ4v) is 5.09. The number of halogens is 1. The van der Waals surface area contributed by atoms with Crippen LogP contribution in [0.4, 0.5) is 9.52 Å². The molecule has 7 nitrogen and oxygen atoms in total. The van der Waals surface area contributed by atoms with Crippen LogP contribution in [0, 0.1) is 5.82 Å². The van der Waals surface area contributed by atoms with Gasteiger partial charge in [0.25, 0.3) is 0 Å². The predicted octanol–water partition coefficient (Wildman–Crippen LogP) is 6.40. The molecule has 0 aliphatic rings. The van der Waals surface area contributed by atoms with Crippen LogP contribution < -0.4 is 10.1 Å². The Balaban J connectivity index is 1.31. The summed E-state index contributed by atoms with van der Waals surface area (Å²) < 4.78 is 21.8. The lowest BCUT2D eigenvalue weighted by atomic mass is 10.2. The van der Waals surface area contributed by atoms with Crippen LogP contribution in [0.2, 0.25) is 0 Å². The molecule has 0 saturated carbocycles. The summed E-state index contributed by atoms with van der Waals surface area (Å²) >= 11 is 2.62. The molecule has 0 fully saturated rings. The summed E-state index contributed by atoms with van der Waals surface area (Å²) in [7, 11) is 0. The molecule has 0 aliphatic heterocycles.